The molecular formula is C12H14Br2N4O. The van der Waals surface area contributed by atoms with Gasteiger partial charge in [-0.15, -0.1) is 0 Å². The summed E-state index contributed by atoms with van der Waals surface area (Å²) in [6.07, 6.45) is 0. The molecule has 2 aromatic rings. The van der Waals surface area contributed by atoms with Crippen LogP contribution < -0.4 is 15.8 Å². The zero-order valence-electron chi connectivity index (χ0n) is 10.8. The largest absolute Gasteiger partial charge is 0.495 e. The summed E-state index contributed by atoms with van der Waals surface area (Å²) in [5.41, 5.74) is 8.29. The number of nitrogens with zero attached hydrogens (tertiary/aromatic N) is 2. The van der Waals surface area contributed by atoms with Crippen molar-refractivity contribution in [1.29, 1.82) is 0 Å². The monoisotopic (exact) mass is 388 g/mol. The number of nitrogen functional groups attached to an aromatic ring is 1. The second-order valence-electron chi connectivity index (χ2n) is 4.06. The van der Waals surface area contributed by atoms with Gasteiger partial charge in [-0.2, -0.15) is 5.10 Å². The number of hydrogen-bond donors (Lipinski definition) is 2. The molecule has 7 heteroatoms. The van der Waals surface area contributed by atoms with Crippen LogP contribution in [0.3, 0.4) is 0 Å². The molecule has 2 rings (SSSR count). The molecule has 0 atom stereocenters. The van der Waals surface area contributed by atoms with Crippen LogP contribution in [0.25, 0.3) is 0 Å². The molecule has 102 valence electrons. The molecule has 0 saturated carbocycles. The molecule has 0 radical (unpaired) electrons. The van der Waals surface area contributed by atoms with Crippen molar-refractivity contribution in [3.05, 3.63) is 26.8 Å². The second-order valence-corrected chi connectivity index (χ2v) is 5.77. The molecule has 0 amide bonds. The second kappa shape index (κ2) is 5.42. The fourth-order valence-electron chi connectivity index (χ4n) is 1.73. The average molecular weight is 390 g/mol. The van der Waals surface area contributed by atoms with Crippen LogP contribution in [0.1, 0.15) is 5.69 Å². The first-order valence-electron chi connectivity index (χ1n) is 5.53. The van der Waals surface area contributed by atoms with Gasteiger partial charge in [0.15, 0.2) is 5.82 Å². The van der Waals surface area contributed by atoms with Gasteiger partial charge in [0.05, 0.1) is 28.7 Å². The van der Waals surface area contributed by atoms with E-state index in [1.807, 2.05) is 26.1 Å². The summed E-state index contributed by atoms with van der Waals surface area (Å²) in [5, 5.41) is 7.53. The van der Waals surface area contributed by atoms with Crippen LogP contribution in [0, 0.1) is 6.92 Å². The first-order valence-corrected chi connectivity index (χ1v) is 7.11. The van der Waals surface area contributed by atoms with Gasteiger partial charge in [0, 0.05) is 17.6 Å². The molecule has 0 aliphatic heterocycles. The number of hydrogen-bond acceptors (Lipinski definition) is 4. The molecule has 19 heavy (non-hydrogen) atoms. The zero-order valence-corrected chi connectivity index (χ0v) is 14.0. The molecule has 0 aliphatic rings. The number of anilines is 3. The minimum absolute atomic E-state index is 0.635. The van der Waals surface area contributed by atoms with E-state index in [4.69, 9.17) is 10.5 Å². The number of benzene rings is 1. The van der Waals surface area contributed by atoms with Crippen molar-refractivity contribution in [3.8, 4) is 5.75 Å². The maximum absolute atomic E-state index is 6.00. The third-order valence-electron chi connectivity index (χ3n) is 2.76. The molecule has 0 unspecified atom stereocenters. The maximum Gasteiger partial charge on any atom is 0.152 e. The predicted octanol–water partition coefficient (Wildman–Crippen LogP) is 3.59. The summed E-state index contributed by atoms with van der Waals surface area (Å²) in [6, 6.07) is 3.80. The van der Waals surface area contributed by atoms with E-state index in [1.165, 1.54) is 0 Å². The van der Waals surface area contributed by atoms with Crippen LogP contribution in [0.15, 0.2) is 21.1 Å². The molecule has 1 aromatic carbocycles. The van der Waals surface area contributed by atoms with E-state index in [9.17, 15) is 0 Å². The van der Waals surface area contributed by atoms with E-state index in [0.717, 1.165) is 31.9 Å². The van der Waals surface area contributed by atoms with Gasteiger partial charge in [-0.1, -0.05) is 0 Å². The highest BCUT2D eigenvalue weighted by molar-refractivity contribution is 9.11. The molecule has 1 heterocycles. The van der Waals surface area contributed by atoms with Crippen molar-refractivity contribution < 1.29 is 4.74 Å². The number of ether oxygens (including phenoxy) is 1. The number of halogens is 2. The lowest BCUT2D eigenvalue weighted by atomic mass is 10.3. The van der Waals surface area contributed by atoms with Gasteiger partial charge in [0.25, 0.3) is 0 Å². The Morgan fingerprint density at radius 1 is 1.32 bits per heavy atom. The van der Waals surface area contributed by atoms with Gasteiger partial charge in [-0.25, -0.2) is 0 Å². The smallest absolute Gasteiger partial charge is 0.152 e. The van der Waals surface area contributed by atoms with E-state index in [-0.39, 0.29) is 0 Å². The first-order chi connectivity index (χ1) is 8.93. The quantitative estimate of drug-likeness (QED) is 0.841. The van der Waals surface area contributed by atoms with E-state index in [1.54, 1.807) is 11.8 Å². The molecule has 0 bridgehead atoms. The highest BCUT2D eigenvalue weighted by atomic mass is 79.9. The minimum atomic E-state index is 0.635. The first kappa shape index (κ1) is 14.2. The van der Waals surface area contributed by atoms with Gasteiger partial charge >= 0.3 is 0 Å². The van der Waals surface area contributed by atoms with Crippen LogP contribution in [0.2, 0.25) is 0 Å². The van der Waals surface area contributed by atoms with Gasteiger partial charge < -0.3 is 15.8 Å². The number of methoxy groups -OCH3 is 1. The SMILES string of the molecule is COc1cc(Nc2c(N)c(C)nn2C)c(Br)cc1Br. The zero-order chi connectivity index (χ0) is 14.2. The molecule has 0 fully saturated rings. The molecule has 1 aromatic heterocycles. The summed E-state index contributed by atoms with van der Waals surface area (Å²) in [5.74, 6) is 1.49. The highest BCUT2D eigenvalue weighted by Gasteiger charge is 2.13. The van der Waals surface area contributed by atoms with E-state index < -0.39 is 0 Å². The summed E-state index contributed by atoms with van der Waals surface area (Å²) < 4.78 is 8.77. The molecule has 3 N–H and O–H groups in total. The van der Waals surface area contributed by atoms with E-state index in [2.05, 4.69) is 42.3 Å². The van der Waals surface area contributed by atoms with Gasteiger partial charge in [-0.05, 0) is 44.8 Å². The fraction of sp³-hybridized carbons (Fsp3) is 0.250. The Hall–Kier alpha value is -1.21. The van der Waals surface area contributed by atoms with Crippen molar-refractivity contribution in [3.63, 3.8) is 0 Å². The Balaban J connectivity index is 2.43. The Morgan fingerprint density at radius 3 is 2.53 bits per heavy atom. The Kier molecular flexibility index (Phi) is 4.05. The molecule has 0 spiro atoms. The van der Waals surface area contributed by atoms with Crippen LogP contribution in [0.5, 0.6) is 5.75 Å². The molecule has 0 saturated heterocycles. The van der Waals surface area contributed by atoms with Crippen molar-refractivity contribution >= 4 is 49.1 Å². The van der Waals surface area contributed by atoms with E-state index >= 15 is 0 Å². The number of rotatable bonds is 3. The van der Waals surface area contributed by atoms with E-state index in [0.29, 0.717) is 5.69 Å². The molecule has 5 nitrogen and oxygen atoms in total. The number of nitrogens with two attached hydrogens (primary N) is 1. The van der Waals surface area contributed by atoms with Gasteiger partial charge in [0.2, 0.25) is 0 Å². The Bertz CT molecular complexity index is 625. The number of aryl methyl sites for hydroxylation is 2. The summed E-state index contributed by atoms with van der Waals surface area (Å²) in [4.78, 5) is 0. The maximum atomic E-state index is 6.00. The highest BCUT2D eigenvalue weighted by Crippen LogP contribution is 2.37. The number of aromatic nitrogens is 2. The summed E-state index contributed by atoms with van der Waals surface area (Å²) in [7, 11) is 3.47. The van der Waals surface area contributed by atoms with Crippen LogP contribution in [-0.4, -0.2) is 16.9 Å². The minimum Gasteiger partial charge on any atom is -0.495 e. The molecule has 0 aliphatic carbocycles. The van der Waals surface area contributed by atoms with Gasteiger partial charge in [-0.3, -0.25) is 4.68 Å². The Labute approximate surface area is 128 Å². The number of nitrogens with one attached hydrogen (secondary N) is 1. The van der Waals surface area contributed by atoms with Crippen LogP contribution >= 0.6 is 31.9 Å². The van der Waals surface area contributed by atoms with Crippen molar-refractivity contribution in [2.24, 2.45) is 7.05 Å². The predicted molar refractivity (Wildman–Crippen MR) is 84.0 cm³/mol. The lowest BCUT2D eigenvalue weighted by Gasteiger charge is -2.12. The topological polar surface area (TPSA) is 65.1 Å². The average Bonchev–Trinajstić information content (AvgIpc) is 2.59. The third-order valence-corrected chi connectivity index (χ3v) is 4.04. The molecular weight excluding hydrogens is 376 g/mol. The van der Waals surface area contributed by atoms with Crippen LogP contribution in [-0.2, 0) is 7.05 Å². The third kappa shape index (κ3) is 2.71. The fourth-order valence-corrected chi connectivity index (χ4v) is 2.99. The normalized spacial score (nSPS) is 10.6. The lowest BCUT2D eigenvalue weighted by Crippen LogP contribution is -2.02. The van der Waals surface area contributed by atoms with Crippen molar-refractivity contribution in [2.45, 2.75) is 6.92 Å². The lowest BCUT2D eigenvalue weighted by molar-refractivity contribution is 0.412. The van der Waals surface area contributed by atoms with Crippen molar-refractivity contribution in [2.75, 3.05) is 18.2 Å². The summed E-state index contributed by atoms with van der Waals surface area (Å²) in [6.45, 7) is 1.87. The standard InChI is InChI=1S/C12H14Br2N4O/c1-6-11(15)12(18(2)17-6)16-9-5-10(19-3)8(14)4-7(9)13/h4-5,16H,15H2,1-3H3. The van der Waals surface area contributed by atoms with Crippen molar-refractivity contribution in [1.82, 2.24) is 9.78 Å². The summed E-state index contributed by atoms with van der Waals surface area (Å²) >= 11 is 6.94. The van der Waals surface area contributed by atoms with Crippen LogP contribution in [0.4, 0.5) is 17.2 Å². The Morgan fingerprint density at radius 2 is 2.00 bits per heavy atom. The van der Waals surface area contributed by atoms with Gasteiger partial charge in [0.1, 0.15) is 5.75 Å².